The maximum Gasteiger partial charge on any atom is 0.253 e. The van der Waals surface area contributed by atoms with Crippen LogP contribution in [0.1, 0.15) is 23.2 Å². The molecule has 5 N–H and O–H groups in total. The summed E-state index contributed by atoms with van der Waals surface area (Å²) < 4.78 is 0. The zero-order valence-corrected chi connectivity index (χ0v) is 10.9. The van der Waals surface area contributed by atoms with Gasteiger partial charge in [0.05, 0.1) is 5.56 Å². The smallest absolute Gasteiger partial charge is 0.253 e. The van der Waals surface area contributed by atoms with Gasteiger partial charge in [0.2, 0.25) is 5.91 Å². The van der Waals surface area contributed by atoms with Crippen molar-refractivity contribution in [3.8, 4) is 0 Å². The Hall–Kier alpha value is -2.63. The fourth-order valence-corrected chi connectivity index (χ4v) is 1.96. The molecule has 1 heterocycles. The number of nitrogens with zero attached hydrogens (tertiary/aromatic N) is 1. The second-order valence-corrected chi connectivity index (χ2v) is 4.43. The summed E-state index contributed by atoms with van der Waals surface area (Å²) in [7, 11) is 0. The Kier molecular flexibility index (Phi) is 4.14. The Morgan fingerprint density at radius 3 is 2.60 bits per heavy atom. The lowest BCUT2D eigenvalue weighted by atomic mass is 10.1. The van der Waals surface area contributed by atoms with Gasteiger partial charge in [-0.3, -0.25) is 9.59 Å². The molecule has 0 aliphatic rings. The standard InChI is InChI=1S/C14H16N4O2/c15-12(19)6-3-7-17-14(20)11-8-18-13(16)10-5-2-1-4-9(10)11/h1-2,4-5,8H,3,6-7H2,(H2,15,19)(H2,16,18)(H,17,20). The summed E-state index contributed by atoms with van der Waals surface area (Å²) in [6.07, 6.45) is 2.23. The average Bonchev–Trinajstić information content (AvgIpc) is 2.44. The minimum Gasteiger partial charge on any atom is -0.383 e. The summed E-state index contributed by atoms with van der Waals surface area (Å²) in [6, 6.07) is 7.33. The first-order chi connectivity index (χ1) is 9.59. The van der Waals surface area contributed by atoms with Crippen molar-refractivity contribution >= 4 is 28.4 Å². The third-order valence-electron chi connectivity index (χ3n) is 2.96. The van der Waals surface area contributed by atoms with Crippen LogP contribution >= 0.6 is 0 Å². The van der Waals surface area contributed by atoms with E-state index >= 15 is 0 Å². The van der Waals surface area contributed by atoms with Crippen LogP contribution in [0.25, 0.3) is 10.8 Å². The first-order valence-electron chi connectivity index (χ1n) is 6.29. The van der Waals surface area contributed by atoms with Crippen molar-refractivity contribution in [1.29, 1.82) is 0 Å². The maximum absolute atomic E-state index is 12.1. The number of nitrogens with one attached hydrogen (secondary N) is 1. The fraction of sp³-hybridized carbons (Fsp3) is 0.214. The topological polar surface area (TPSA) is 111 Å². The number of pyridine rings is 1. The van der Waals surface area contributed by atoms with Gasteiger partial charge in [-0.1, -0.05) is 24.3 Å². The highest BCUT2D eigenvalue weighted by molar-refractivity contribution is 6.08. The molecule has 1 aromatic heterocycles. The SMILES string of the molecule is NC(=O)CCCNC(=O)c1cnc(N)c2ccccc12. The Balaban J connectivity index is 2.14. The molecule has 0 aliphatic carbocycles. The van der Waals surface area contributed by atoms with Gasteiger partial charge in [0.15, 0.2) is 0 Å². The summed E-state index contributed by atoms with van der Waals surface area (Å²) >= 11 is 0. The van der Waals surface area contributed by atoms with Gasteiger partial charge >= 0.3 is 0 Å². The van der Waals surface area contributed by atoms with E-state index in [1.54, 1.807) is 0 Å². The first kappa shape index (κ1) is 13.8. The molecule has 2 rings (SSSR count). The minimum atomic E-state index is -0.376. The molecule has 104 valence electrons. The number of primary amides is 1. The zero-order valence-electron chi connectivity index (χ0n) is 10.9. The molecular weight excluding hydrogens is 256 g/mol. The number of carbonyl (C=O) groups is 2. The molecule has 0 radical (unpaired) electrons. The minimum absolute atomic E-state index is 0.238. The van der Waals surface area contributed by atoms with E-state index in [4.69, 9.17) is 11.5 Å². The van der Waals surface area contributed by atoms with Crippen LogP contribution in [0.15, 0.2) is 30.5 Å². The quantitative estimate of drug-likeness (QED) is 0.699. The Labute approximate surface area is 116 Å². The number of nitrogens with two attached hydrogens (primary N) is 2. The number of aromatic nitrogens is 1. The molecule has 0 fully saturated rings. The third-order valence-corrected chi connectivity index (χ3v) is 2.96. The Morgan fingerprint density at radius 2 is 1.90 bits per heavy atom. The van der Waals surface area contributed by atoms with Gasteiger partial charge in [0.1, 0.15) is 5.82 Å². The third kappa shape index (κ3) is 3.03. The molecule has 20 heavy (non-hydrogen) atoms. The number of hydrogen-bond acceptors (Lipinski definition) is 4. The molecule has 2 aromatic rings. The molecular formula is C14H16N4O2. The van der Waals surface area contributed by atoms with E-state index in [1.165, 1.54) is 6.20 Å². The van der Waals surface area contributed by atoms with E-state index in [9.17, 15) is 9.59 Å². The van der Waals surface area contributed by atoms with Gasteiger partial charge in [-0.25, -0.2) is 4.98 Å². The van der Waals surface area contributed by atoms with Crippen LogP contribution in [0, 0.1) is 0 Å². The number of hydrogen-bond donors (Lipinski definition) is 3. The second kappa shape index (κ2) is 6.01. The monoisotopic (exact) mass is 272 g/mol. The van der Waals surface area contributed by atoms with Gasteiger partial charge in [0, 0.05) is 24.5 Å². The van der Waals surface area contributed by atoms with Gasteiger partial charge in [0.25, 0.3) is 5.91 Å². The van der Waals surface area contributed by atoms with Crippen LogP contribution < -0.4 is 16.8 Å². The summed E-state index contributed by atoms with van der Waals surface area (Å²) in [5.74, 6) is -0.220. The van der Waals surface area contributed by atoms with Crippen molar-refractivity contribution < 1.29 is 9.59 Å². The van der Waals surface area contributed by atoms with Crippen molar-refractivity contribution in [1.82, 2.24) is 10.3 Å². The molecule has 0 spiro atoms. The summed E-state index contributed by atoms with van der Waals surface area (Å²) in [6.45, 7) is 0.389. The van der Waals surface area contributed by atoms with Crippen molar-refractivity contribution in [2.45, 2.75) is 12.8 Å². The van der Waals surface area contributed by atoms with Crippen molar-refractivity contribution in [2.75, 3.05) is 12.3 Å². The van der Waals surface area contributed by atoms with Gasteiger partial charge < -0.3 is 16.8 Å². The average molecular weight is 272 g/mol. The van der Waals surface area contributed by atoms with Crippen LogP contribution in [-0.2, 0) is 4.79 Å². The lowest BCUT2D eigenvalue weighted by Crippen LogP contribution is -2.26. The van der Waals surface area contributed by atoms with Crippen molar-refractivity contribution in [2.24, 2.45) is 5.73 Å². The lowest BCUT2D eigenvalue weighted by Gasteiger charge is -2.08. The van der Waals surface area contributed by atoms with Crippen LogP contribution in [0.2, 0.25) is 0 Å². The molecule has 0 unspecified atom stereocenters. The Morgan fingerprint density at radius 1 is 1.20 bits per heavy atom. The fourth-order valence-electron chi connectivity index (χ4n) is 1.96. The molecule has 6 nitrogen and oxygen atoms in total. The predicted molar refractivity (Wildman–Crippen MR) is 76.9 cm³/mol. The van der Waals surface area contributed by atoms with Crippen molar-refractivity contribution in [3.63, 3.8) is 0 Å². The van der Waals surface area contributed by atoms with Crippen LogP contribution in [0.4, 0.5) is 5.82 Å². The van der Waals surface area contributed by atoms with E-state index < -0.39 is 0 Å². The number of anilines is 1. The molecule has 6 heteroatoms. The van der Waals surface area contributed by atoms with Gasteiger partial charge in [-0.15, -0.1) is 0 Å². The van der Waals surface area contributed by atoms with Crippen molar-refractivity contribution in [3.05, 3.63) is 36.0 Å². The second-order valence-electron chi connectivity index (χ2n) is 4.43. The largest absolute Gasteiger partial charge is 0.383 e. The number of carbonyl (C=O) groups excluding carboxylic acids is 2. The molecule has 0 atom stereocenters. The number of amides is 2. The molecule has 1 aromatic carbocycles. The highest BCUT2D eigenvalue weighted by Crippen LogP contribution is 2.22. The van der Waals surface area contributed by atoms with E-state index in [-0.39, 0.29) is 18.2 Å². The number of nitrogen functional groups attached to an aromatic ring is 1. The summed E-state index contributed by atoms with van der Waals surface area (Å²) in [5, 5.41) is 4.24. The van der Waals surface area contributed by atoms with E-state index in [0.29, 0.717) is 24.3 Å². The predicted octanol–water partition coefficient (Wildman–Crippen LogP) is 0.812. The molecule has 0 saturated heterocycles. The van der Waals surface area contributed by atoms with Crippen LogP contribution in [-0.4, -0.2) is 23.3 Å². The molecule has 0 aliphatic heterocycles. The van der Waals surface area contributed by atoms with Crippen LogP contribution in [0.5, 0.6) is 0 Å². The van der Waals surface area contributed by atoms with E-state index in [2.05, 4.69) is 10.3 Å². The van der Waals surface area contributed by atoms with Gasteiger partial charge in [-0.05, 0) is 11.8 Å². The van der Waals surface area contributed by atoms with E-state index in [0.717, 1.165) is 10.8 Å². The maximum atomic E-state index is 12.1. The first-order valence-corrected chi connectivity index (χ1v) is 6.29. The molecule has 0 bridgehead atoms. The highest BCUT2D eigenvalue weighted by atomic mass is 16.2. The van der Waals surface area contributed by atoms with Crippen LogP contribution in [0.3, 0.4) is 0 Å². The number of rotatable bonds is 5. The summed E-state index contributed by atoms with van der Waals surface area (Å²) in [4.78, 5) is 26.7. The number of fused-ring (bicyclic) bond motifs is 1. The molecule has 2 amide bonds. The summed E-state index contributed by atoms with van der Waals surface area (Å²) in [5.41, 5.74) is 11.3. The molecule has 0 saturated carbocycles. The number of benzene rings is 1. The lowest BCUT2D eigenvalue weighted by molar-refractivity contribution is -0.118. The van der Waals surface area contributed by atoms with E-state index in [1.807, 2.05) is 24.3 Å². The Bertz CT molecular complexity index is 655. The van der Waals surface area contributed by atoms with Gasteiger partial charge in [-0.2, -0.15) is 0 Å². The zero-order chi connectivity index (χ0) is 14.5. The highest BCUT2D eigenvalue weighted by Gasteiger charge is 2.11. The normalized spacial score (nSPS) is 10.4.